The zero-order valence-electron chi connectivity index (χ0n) is 13.3. The van der Waals surface area contributed by atoms with Crippen LogP contribution in [-0.2, 0) is 9.53 Å². The van der Waals surface area contributed by atoms with Crippen LogP contribution in [0.1, 0.15) is 39.5 Å². The summed E-state index contributed by atoms with van der Waals surface area (Å²) in [5.74, 6) is -0.339. The second-order valence-corrected chi connectivity index (χ2v) is 5.52. The molecule has 0 saturated carbocycles. The average molecular weight is 312 g/mol. The van der Waals surface area contributed by atoms with Crippen LogP contribution in [-0.4, -0.2) is 56.4 Å². The minimum Gasteiger partial charge on any atom is -0.468 e. The molecule has 7 heteroatoms. The smallest absolute Gasteiger partial charge is 0.390 e. The Bertz CT molecular complexity index is 311. The van der Waals surface area contributed by atoms with E-state index in [4.69, 9.17) is 4.74 Å². The van der Waals surface area contributed by atoms with Gasteiger partial charge in [-0.05, 0) is 46.3 Å². The van der Waals surface area contributed by atoms with Gasteiger partial charge in [-0.1, -0.05) is 6.92 Å². The molecule has 0 heterocycles. The van der Waals surface area contributed by atoms with Crippen LogP contribution in [0, 0.1) is 0 Å². The predicted octanol–water partition coefficient (Wildman–Crippen LogP) is 2.58. The Labute approximate surface area is 125 Å². The summed E-state index contributed by atoms with van der Waals surface area (Å²) < 4.78 is 41.2. The van der Waals surface area contributed by atoms with Crippen molar-refractivity contribution in [3.8, 4) is 0 Å². The number of esters is 1. The van der Waals surface area contributed by atoms with E-state index in [1.54, 1.807) is 18.9 Å². The maximum absolute atomic E-state index is 12.1. The largest absolute Gasteiger partial charge is 0.468 e. The number of halogens is 3. The van der Waals surface area contributed by atoms with E-state index >= 15 is 0 Å². The van der Waals surface area contributed by atoms with Crippen LogP contribution in [0.25, 0.3) is 0 Å². The van der Waals surface area contributed by atoms with Crippen molar-refractivity contribution < 1.29 is 22.7 Å². The van der Waals surface area contributed by atoms with Gasteiger partial charge < -0.3 is 15.0 Å². The molecule has 0 bridgehead atoms. The van der Waals surface area contributed by atoms with Crippen molar-refractivity contribution in [1.29, 1.82) is 0 Å². The zero-order chi connectivity index (χ0) is 16.5. The Morgan fingerprint density at radius 1 is 1.24 bits per heavy atom. The molecular formula is C14H27F3N2O2. The number of methoxy groups -OCH3 is 1. The molecule has 0 rings (SSSR count). The van der Waals surface area contributed by atoms with Crippen LogP contribution < -0.4 is 5.32 Å². The molecule has 126 valence electrons. The van der Waals surface area contributed by atoms with Gasteiger partial charge in [0.1, 0.15) is 5.54 Å². The molecule has 0 aromatic carbocycles. The van der Waals surface area contributed by atoms with Crippen molar-refractivity contribution in [3.63, 3.8) is 0 Å². The minimum atomic E-state index is -4.13. The lowest BCUT2D eigenvalue weighted by atomic mass is 9.95. The van der Waals surface area contributed by atoms with E-state index in [1.807, 2.05) is 6.92 Å². The van der Waals surface area contributed by atoms with Gasteiger partial charge in [-0.2, -0.15) is 13.2 Å². The van der Waals surface area contributed by atoms with Crippen molar-refractivity contribution in [3.05, 3.63) is 0 Å². The fraction of sp³-hybridized carbons (Fsp3) is 0.929. The Kier molecular flexibility index (Phi) is 8.89. The van der Waals surface area contributed by atoms with Crippen molar-refractivity contribution in [1.82, 2.24) is 10.2 Å². The lowest BCUT2D eigenvalue weighted by Crippen LogP contribution is -2.50. The van der Waals surface area contributed by atoms with Crippen LogP contribution in [0.4, 0.5) is 13.2 Å². The summed E-state index contributed by atoms with van der Waals surface area (Å²) in [6.45, 7) is 4.94. The topological polar surface area (TPSA) is 41.6 Å². The molecule has 1 unspecified atom stereocenters. The molecule has 1 atom stereocenters. The third-order valence-electron chi connectivity index (χ3n) is 3.39. The van der Waals surface area contributed by atoms with E-state index < -0.39 is 18.1 Å². The number of carbonyl (C=O) groups excluding carboxylic acids is 1. The van der Waals surface area contributed by atoms with Crippen molar-refractivity contribution >= 4 is 5.97 Å². The van der Waals surface area contributed by atoms with E-state index in [0.29, 0.717) is 25.9 Å². The number of hydrogen-bond donors (Lipinski definition) is 1. The summed E-state index contributed by atoms with van der Waals surface area (Å²) in [5, 5.41) is 3.15. The molecule has 0 amide bonds. The van der Waals surface area contributed by atoms with Gasteiger partial charge in [0.15, 0.2) is 0 Å². The predicted molar refractivity (Wildman–Crippen MR) is 76.1 cm³/mol. The lowest BCUT2D eigenvalue weighted by Gasteiger charge is -2.29. The molecule has 0 spiro atoms. The van der Waals surface area contributed by atoms with Crippen LogP contribution in [0.5, 0.6) is 0 Å². The molecule has 1 N–H and O–H groups in total. The lowest BCUT2D eigenvalue weighted by molar-refractivity contribution is -0.148. The summed E-state index contributed by atoms with van der Waals surface area (Å²) in [6.07, 6.45) is -2.91. The fourth-order valence-corrected chi connectivity index (χ4v) is 2.02. The Morgan fingerprint density at radius 2 is 1.86 bits per heavy atom. The maximum Gasteiger partial charge on any atom is 0.390 e. The van der Waals surface area contributed by atoms with Gasteiger partial charge in [0, 0.05) is 6.54 Å². The van der Waals surface area contributed by atoms with Crippen molar-refractivity contribution in [2.75, 3.05) is 33.8 Å². The summed E-state index contributed by atoms with van der Waals surface area (Å²) in [7, 11) is 2.99. The molecular weight excluding hydrogens is 285 g/mol. The molecule has 4 nitrogen and oxygen atoms in total. The van der Waals surface area contributed by atoms with E-state index in [1.165, 1.54) is 7.11 Å². The summed E-state index contributed by atoms with van der Waals surface area (Å²) in [5.41, 5.74) is -0.782. The summed E-state index contributed by atoms with van der Waals surface area (Å²) in [6, 6.07) is 0. The van der Waals surface area contributed by atoms with Gasteiger partial charge >= 0.3 is 12.1 Å². The van der Waals surface area contributed by atoms with Gasteiger partial charge in [0.2, 0.25) is 0 Å². The number of nitrogens with one attached hydrogen (secondary N) is 1. The average Bonchev–Trinajstić information content (AvgIpc) is 2.41. The molecule has 0 aromatic heterocycles. The van der Waals surface area contributed by atoms with Gasteiger partial charge in [0.25, 0.3) is 0 Å². The van der Waals surface area contributed by atoms with Crippen LogP contribution >= 0.6 is 0 Å². The number of nitrogens with zero attached hydrogens (tertiary/aromatic N) is 1. The van der Waals surface area contributed by atoms with E-state index in [9.17, 15) is 18.0 Å². The number of alkyl halides is 3. The minimum absolute atomic E-state index is 0.0270. The highest BCUT2D eigenvalue weighted by Gasteiger charge is 2.33. The van der Waals surface area contributed by atoms with E-state index in [2.05, 4.69) is 5.32 Å². The first-order chi connectivity index (χ1) is 9.64. The Balaban J connectivity index is 4.21. The Morgan fingerprint density at radius 3 is 2.33 bits per heavy atom. The van der Waals surface area contributed by atoms with E-state index in [-0.39, 0.29) is 12.5 Å². The Hall–Kier alpha value is -0.820. The van der Waals surface area contributed by atoms with Gasteiger partial charge in [-0.3, -0.25) is 4.79 Å². The number of ether oxygens (including phenoxy) is 1. The number of rotatable bonds is 10. The van der Waals surface area contributed by atoms with Crippen LogP contribution in [0.2, 0.25) is 0 Å². The first kappa shape index (κ1) is 20.2. The van der Waals surface area contributed by atoms with Gasteiger partial charge in [0.05, 0.1) is 13.5 Å². The summed E-state index contributed by atoms with van der Waals surface area (Å²) >= 11 is 0. The second kappa shape index (κ2) is 9.25. The fourth-order valence-electron chi connectivity index (χ4n) is 2.02. The number of carbonyl (C=O) groups is 1. The quantitative estimate of drug-likeness (QED) is 0.630. The zero-order valence-corrected chi connectivity index (χ0v) is 13.3. The SMILES string of the molecule is CCCNC(C)(CCCN(C)CCC(F)(F)F)C(=O)OC. The van der Waals surface area contributed by atoms with Crippen LogP contribution in [0.15, 0.2) is 0 Å². The standard InChI is InChI=1S/C14H27F3N2O2/c1-5-9-18-13(2,12(20)21-4)7-6-10-19(3)11-8-14(15,16)17/h18H,5-11H2,1-4H3. The molecule has 0 saturated heterocycles. The molecule has 0 aliphatic rings. The highest BCUT2D eigenvalue weighted by Crippen LogP contribution is 2.20. The first-order valence-corrected chi connectivity index (χ1v) is 7.23. The molecule has 0 radical (unpaired) electrons. The van der Waals surface area contributed by atoms with Crippen molar-refractivity contribution in [2.45, 2.75) is 51.2 Å². The van der Waals surface area contributed by atoms with Gasteiger partial charge in [-0.15, -0.1) is 0 Å². The molecule has 0 fully saturated rings. The molecule has 0 aliphatic carbocycles. The van der Waals surface area contributed by atoms with Crippen LogP contribution in [0.3, 0.4) is 0 Å². The summed E-state index contributed by atoms with van der Waals surface area (Å²) in [4.78, 5) is 13.5. The molecule has 0 aromatic rings. The van der Waals surface area contributed by atoms with Crippen molar-refractivity contribution in [2.24, 2.45) is 0 Å². The third kappa shape index (κ3) is 8.93. The molecule has 21 heavy (non-hydrogen) atoms. The first-order valence-electron chi connectivity index (χ1n) is 7.23. The van der Waals surface area contributed by atoms with Gasteiger partial charge in [-0.25, -0.2) is 0 Å². The highest BCUT2D eigenvalue weighted by atomic mass is 19.4. The normalized spacial score (nSPS) is 15.0. The second-order valence-electron chi connectivity index (χ2n) is 5.52. The molecule has 0 aliphatic heterocycles. The monoisotopic (exact) mass is 312 g/mol. The third-order valence-corrected chi connectivity index (χ3v) is 3.39. The number of hydrogen-bond acceptors (Lipinski definition) is 4. The maximum atomic E-state index is 12.1. The van der Waals surface area contributed by atoms with E-state index in [0.717, 1.165) is 6.42 Å². The highest BCUT2D eigenvalue weighted by molar-refractivity contribution is 5.80.